The summed E-state index contributed by atoms with van der Waals surface area (Å²) in [6, 6.07) is 7.26. The van der Waals surface area contributed by atoms with E-state index in [-0.39, 0.29) is 18.6 Å². The Balaban J connectivity index is 1.79. The van der Waals surface area contributed by atoms with Gasteiger partial charge in [-0.15, -0.1) is 0 Å². The van der Waals surface area contributed by atoms with Crippen LogP contribution >= 0.6 is 0 Å². The topological polar surface area (TPSA) is 77.7 Å². The van der Waals surface area contributed by atoms with Gasteiger partial charge in [0.05, 0.1) is 7.11 Å². The van der Waals surface area contributed by atoms with E-state index in [4.69, 9.17) is 14.0 Å². The van der Waals surface area contributed by atoms with E-state index in [0.717, 1.165) is 24.2 Å². The highest BCUT2D eigenvalue weighted by molar-refractivity contribution is 5.78. The van der Waals surface area contributed by atoms with E-state index in [1.807, 2.05) is 24.3 Å². The first-order chi connectivity index (χ1) is 11.2. The van der Waals surface area contributed by atoms with Crippen LogP contribution in [0.1, 0.15) is 24.8 Å². The quantitative estimate of drug-likeness (QED) is 0.840. The average Bonchev–Trinajstić information content (AvgIpc) is 3.24. The number of ether oxygens (including phenoxy) is 2. The summed E-state index contributed by atoms with van der Waals surface area (Å²) in [5.74, 6) is 1.69. The number of methoxy groups -OCH3 is 2. The number of benzene rings is 1. The Morgan fingerprint density at radius 2 is 2.13 bits per heavy atom. The standard InChI is InChI=1S/C16H19N3O4/c1-21-10-14(20)19-9-3-4-13(19)16-17-15(18-23-16)11-5-7-12(22-2)8-6-11/h5-8,13H,3-4,9-10H2,1-2H3. The number of rotatable bonds is 5. The molecule has 1 saturated heterocycles. The van der Waals surface area contributed by atoms with Crippen LogP contribution < -0.4 is 4.74 Å². The lowest BCUT2D eigenvalue weighted by atomic mass is 10.2. The second-order valence-electron chi connectivity index (χ2n) is 5.36. The van der Waals surface area contributed by atoms with Gasteiger partial charge in [0.2, 0.25) is 17.6 Å². The molecule has 7 heteroatoms. The van der Waals surface area contributed by atoms with Gasteiger partial charge in [-0.1, -0.05) is 5.16 Å². The predicted molar refractivity (Wildman–Crippen MR) is 81.9 cm³/mol. The smallest absolute Gasteiger partial charge is 0.249 e. The molecule has 1 amide bonds. The van der Waals surface area contributed by atoms with Crippen molar-refractivity contribution in [3.63, 3.8) is 0 Å². The van der Waals surface area contributed by atoms with Gasteiger partial charge < -0.3 is 18.9 Å². The first-order valence-electron chi connectivity index (χ1n) is 7.49. The van der Waals surface area contributed by atoms with Crippen LogP contribution in [0.4, 0.5) is 0 Å². The zero-order valence-corrected chi connectivity index (χ0v) is 13.2. The number of carbonyl (C=O) groups excluding carboxylic acids is 1. The normalized spacial score (nSPS) is 17.5. The van der Waals surface area contributed by atoms with Gasteiger partial charge in [0.15, 0.2) is 0 Å². The molecule has 0 saturated carbocycles. The Bertz CT molecular complexity index is 668. The molecule has 1 atom stereocenters. The lowest BCUT2D eigenvalue weighted by molar-refractivity contribution is -0.136. The Morgan fingerprint density at radius 1 is 1.35 bits per heavy atom. The van der Waals surface area contributed by atoms with Gasteiger partial charge in [0.25, 0.3) is 0 Å². The molecule has 3 rings (SSSR count). The van der Waals surface area contributed by atoms with Crippen molar-refractivity contribution < 1.29 is 18.8 Å². The summed E-state index contributed by atoms with van der Waals surface area (Å²) in [7, 11) is 3.13. The Hall–Kier alpha value is -2.41. The molecular weight excluding hydrogens is 298 g/mol. The fourth-order valence-corrected chi connectivity index (χ4v) is 2.76. The summed E-state index contributed by atoms with van der Waals surface area (Å²) in [6.45, 7) is 0.753. The van der Waals surface area contributed by atoms with E-state index in [1.54, 1.807) is 12.0 Å². The lowest BCUT2D eigenvalue weighted by Gasteiger charge is -2.21. The number of aromatic nitrogens is 2. The summed E-state index contributed by atoms with van der Waals surface area (Å²) >= 11 is 0. The molecule has 1 aliphatic rings. The summed E-state index contributed by atoms with van der Waals surface area (Å²) in [6.07, 6.45) is 1.74. The van der Waals surface area contributed by atoms with Crippen LogP contribution in [0.2, 0.25) is 0 Å². The Kier molecular flexibility index (Phi) is 4.57. The van der Waals surface area contributed by atoms with Gasteiger partial charge >= 0.3 is 0 Å². The molecular formula is C16H19N3O4. The largest absolute Gasteiger partial charge is 0.497 e. The summed E-state index contributed by atoms with van der Waals surface area (Å²) in [5.41, 5.74) is 0.841. The SMILES string of the molecule is COCC(=O)N1CCCC1c1nc(-c2ccc(OC)cc2)no1. The van der Waals surface area contributed by atoms with Crippen molar-refractivity contribution in [2.75, 3.05) is 27.4 Å². The number of nitrogens with zero attached hydrogens (tertiary/aromatic N) is 3. The summed E-state index contributed by atoms with van der Waals surface area (Å²) < 4.78 is 15.5. The van der Waals surface area contributed by atoms with Gasteiger partial charge in [0.1, 0.15) is 18.4 Å². The third kappa shape index (κ3) is 3.19. The molecule has 0 aliphatic carbocycles. The van der Waals surface area contributed by atoms with Crippen LogP contribution in [0, 0.1) is 0 Å². The number of likely N-dealkylation sites (tertiary alicyclic amines) is 1. The fourth-order valence-electron chi connectivity index (χ4n) is 2.76. The molecule has 2 heterocycles. The number of hydrogen-bond donors (Lipinski definition) is 0. The van der Waals surface area contributed by atoms with E-state index < -0.39 is 0 Å². The van der Waals surface area contributed by atoms with E-state index >= 15 is 0 Å². The lowest BCUT2D eigenvalue weighted by Crippen LogP contribution is -2.33. The average molecular weight is 317 g/mol. The second-order valence-corrected chi connectivity index (χ2v) is 5.36. The van der Waals surface area contributed by atoms with E-state index in [0.29, 0.717) is 18.3 Å². The molecule has 23 heavy (non-hydrogen) atoms. The van der Waals surface area contributed by atoms with E-state index in [9.17, 15) is 4.79 Å². The fraction of sp³-hybridized carbons (Fsp3) is 0.438. The van der Waals surface area contributed by atoms with Crippen molar-refractivity contribution in [3.05, 3.63) is 30.2 Å². The first kappa shape index (κ1) is 15.5. The maximum atomic E-state index is 12.1. The van der Waals surface area contributed by atoms with Gasteiger partial charge in [-0.05, 0) is 37.1 Å². The third-order valence-electron chi connectivity index (χ3n) is 3.92. The van der Waals surface area contributed by atoms with Gasteiger partial charge in [-0.3, -0.25) is 4.79 Å². The molecule has 0 N–H and O–H groups in total. The maximum Gasteiger partial charge on any atom is 0.249 e. The van der Waals surface area contributed by atoms with Gasteiger partial charge in [-0.25, -0.2) is 0 Å². The Labute approximate surface area is 134 Å². The molecule has 0 spiro atoms. The van der Waals surface area contributed by atoms with Gasteiger partial charge in [-0.2, -0.15) is 4.98 Å². The molecule has 122 valence electrons. The zero-order chi connectivity index (χ0) is 16.2. The highest BCUT2D eigenvalue weighted by atomic mass is 16.5. The molecule has 1 aliphatic heterocycles. The highest BCUT2D eigenvalue weighted by Crippen LogP contribution is 2.32. The molecule has 1 fully saturated rings. The minimum atomic E-state index is -0.169. The van der Waals surface area contributed by atoms with Crippen molar-refractivity contribution in [2.45, 2.75) is 18.9 Å². The first-order valence-corrected chi connectivity index (χ1v) is 7.49. The second kappa shape index (κ2) is 6.78. The van der Waals surface area contributed by atoms with Crippen LogP contribution in [-0.2, 0) is 9.53 Å². The van der Waals surface area contributed by atoms with Crippen molar-refractivity contribution in [1.82, 2.24) is 15.0 Å². The molecule has 7 nitrogen and oxygen atoms in total. The van der Waals surface area contributed by atoms with Crippen molar-refractivity contribution >= 4 is 5.91 Å². The van der Waals surface area contributed by atoms with Crippen molar-refractivity contribution in [2.24, 2.45) is 0 Å². The third-order valence-corrected chi connectivity index (χ3v) is 3.92. The van der Waals surface area contributed by atoms with Crippen LogP contribution in [0.15, 0.2) is 28.8 Å². The van der Waals surface area contributed by atoms with Crippen LogP contribution in [0.25, 0.3) is 11.4 Å². The molecule has 2 aromatic rings. The Morgan fingerprint density at radius 3 is 2.83 bits per heavy atom. The number of amides is 1. The number of hydrogen-bond acceptors (Lipinski definition) is 6. The van der Waals surface area contributed by atoms with E-state index in [1.165, 1.54) is 7.11 Å². The zero-order valence-electron chi connectivity index (χ0n) is 13.2. The number of carbonyl (C=O) groups is 1. The van der Waals surface area contributed by atoms with Crippen LogP contribution in [-0.4, -0.2) is 48.3 Å². The molecule has 1 unspecified atom stereocenters. The molecule has 0 bridgehead atoms. The van der Waals surface area contributed by atoms with Gasteiger partial charge in [0, 0.05) is 19.2 Å². The molecule has 1 aromatic heterocycles. The molecule has 0 radical (unpaired) electrons. The molecule has 1 aromatic carbocycles. The van der Waals surface area contributed by atoms with Crippen LogP contribution in [0.5, 0.6) is 5.75 Å². The predicted octanol–water partition coefficient (Wildman–Crippen LogP) is 2.06. The van der Waals surface area contributed by atoms with Crippen molar-refractivity contribution in [3.8, 4) is 17.1 Å². The summed E-state index contributed by atoms with van der Waals surface area (Å²) in [5, 5.41) is 4.03. The maximum absolute atomic E-state index is 12.1. The van der Waals surface area contributed by atoms with Crippen molar-refractivity contribution in [1.29, 1.82) is 0 Å². The van der Waals surface area contributed by atoms with Crippen LogP contribution in [0.3, 0.4) is 0 Å². The summed E-state index contributed by atoms with van der Waals surface area (Å²) in [4.78, 5) is 18.3. The van der Waals surface area contributed by atoms with E-state index in [2.05, 4.69) is 10.1 Å². The minimum absolute atomic E-state index is 0.0563. The monoisotopic (exact) mass is 317 g/mol. The minimum Gasteiger partial charge on any atom is -0.497 e. The highest BCUT2D eigenvalue weighted by Gasteiger charge is 2.33.